The van der Waals surface area contributed by atoms with Crippen molar-refractivity contribution < 1.29 is 19.1 Å². The number of carbonyl (C=O) groups excluding carboxylic acids is 3. The van der Waals surface area contributed by atoms with Crippen LogP contribution in [0.25, 0.3) is 0 Å². The summed E-state index contributed by atoms with van der Waals surface area (Å²) < 4.78 is 5.48. The van der Waals surface area contributed by atoms with Crippen LogP contribution in [0.2, 0.25) is 0 Å². The summed E-state index contributed by atoms with van der Waals surface area (Å²) in [6, 6.07) is 13.2. The van der Waals surface area contributed by atoms with Gasteiger partial charge in [-0.3, -0.25) is 14.4 Å². The molecule has 0 spiro atoms. The molecule has 0 radical (unpaired) electrons. The lowest BCUT2D eigenvalue weighted by atomic mass is 9.96. The van der Waals surface area contributed by atoms with Crippen molar-refractivity contribution in [3.05, 3.63) is 48.0 Å². The van der Waals surface area contributed by atoms with Gasteiger partial charge in [-0.05, 0) is 42.5 Å². The van der Waals surface area contributed by atoms with E-state index in [4.69, 9.17) is 4.74 Å². The second kappa shape index (κ2) is 9.65. The fourth-order valence-electron chi connectivity index (χ4n) is 4.61. The van der Waals surface area contributed by atoms with Crippen LogP contribution < -0.4 is 19.9 Å². The maximum atomic E-state index is 13.0. The van der Waals surface area contributed by atoms with Crippen molar-refractivity contribution >= 4 is 34.8 Å². The number of nitrogens with zero attached hydrogens (tertiary/aromatic N) is 2. The van der Waals surface area contributed by atoms with Crippen LogP contribution in [0.3, 0.4) is 0 Å². The van der Waals surface area contributed by atoms with Gasteiger partial charge >= 0.3 is 0 Å². The summed E-state index contributed by atoms with van der Waals surface area (Å²) in [7, 11) is 1.55. The van der Waals surface area contributed by atoms with Crippen LogP contribution in [0.4, 0.5) is 17.1 Å². The molecule has 174 valence electrons. The van der Waals surface area contributed by atoms with Gasteiger partial charge in [0.2, 0.25) is 17.7 Å². The number of ether oxygens (including phenoxy) is 1. The van der Waals surface area contributed by atoms with Crippen molar-refractivity contribution in [1.82, 2.24) is 0 Å². The van der Waals surface area contributed by atoms with E-state index < -0.39 is 5.92 Å². The summed E-state index contributed by atoms with van der Waals surface area (Å²) >= 11 is 0. The molecule has 2 aromatic rings. The Morgan fingerprint density at radius 2 is 1.91 bits per heavy atom. The van der Waals surface area contributed by atoms with E-state index in [1.165, 1.54) is 0 Å². The van der Waals surface area contributed by atoms with Gasteiger partial charge in [-0.1, -0.05) is 32.0 Å². The average molecular weight is 450 g/mol. The smallest absolute Gasteiger partial charge is 0.229 e. The Labute approximate surface area is 194 Å². The van der Waals surface area contributed by atoms with Gasteiger partial charge in [0.15, 0.2) is 0 Å². The Bertz CT molecular complexity index is 1070. The van der Waals surface area contributed by atoms with E-state index in [0.29, 0.717) is 42.6 Å². The minimum atomic E-state index is -0.437. The Morgan fingerprint density at radius 1 is 1.12 bits per heavy atom. The van der Waals surface area contributed by atoms with Crippen molar-refractivity contribution in [1.29, 1.82) is 0 Å². The molecule has 0 aliphatic carbocycles. The van der Waals surface area contributed by atoms with Crippen molar-refractivity contribution in [2.75, 3.05) is 35.3 Å². The molecule has 4 rings (SSSR count). The zero-order valence-electron chi connectivity index (χ0n) is 19.5. The normalized spacial score (nSPS) is 19.2. The van der Waals surface area contributed by atoms with Crippen molar-refractivity contribution in [3.63, 3.8) is 0 Å². The number of benzene rings is 2. The average Bonchev–Trinajstić information content (AvgIpc) is 3.43. The molecule has 0 saturated carbocycles. The largest absolute Gasteiger partial charge is 0.494 e. The maximum absolute atomic E-state index is 13.0. The number of anilines is 3. The predicted octanol–water partition coefficient (Wildman–Crippen LogP) is 4.33. The standard InChI is InChI=1S/C26H31N3O4/c1-4-17(2)20-8-5-6-9-21(20)29-16-18(14-25(29)31)26(32)27-19-11-12-22(23(15-19)33-3)28-13-7-10-24(28)30/h5-6,8-9,11-12,15,17-18H,4,7,10,13-14,16H2,1-3H3,(H,27,32). The van der Waals surface area contributed by atoms with E-state index in [-0.39, 0.29) is 24.1 Å². The Morgan fingerprint density at radius 3 is 2.61 bits per heavy atom. The van der Waals surface area contributed by atoms with Gasteiger partial charge in [-0.25, -0.2) is 0 Å². The van der Waals surface area contributed by atoms with E-state index in [1.54, 1.807) is 35.1 Å². The zero-order valence-corrected chi connectivity index (χ0v) is 19.5. The summed E-state index contributed by atoms with van der Waals surface area (Å²) in [4.78, 5) is 41.4. The fourth-order valence-corrected chi connectivity index (χ4v) is 4.61. The molecule has 2 atom stereocenters. The molecular weight excluding hydrogens is 418 g/mol. The lowest BCUT2D eigenvalue weighted by Crippen LogP contribution is -2.29. The van der Waals surface area contributed by atoms with Gasteiger partial charge in [-0.2, -0.15) is 0 Å². The highest BCUT2D eigenvalue weighted by Crippen LogP contribution is 2.36. The quantitative estimate of drug-likeness (QED) is 0.683. The second-order valence-corrected chi connectivity index (χ2v) is 8.80. The molecule has 1 N–H and O–H groups in total. The summed E-state index contributed by atoms with van der Waals surface area (Å²) in [5, 5.41) is 2.93. The third kappa shape index (κ3) is 4.58. The Kier molecular flexibility index (Phi) is 6.67. The highest BCUT2D eigenvalue weighted by molar-refractivity contribution is 6.04. The number of rotatable bonds is 7. The zero-order chi connectivity index (χ0) is 23.5. The minimum absolute atomic E-state index is 0.0358. The summed E-state index contributed by atoms with van der Waals surface area (Å²) in [5.41, 5.74) is 3.32. The number of nitrogens with one attached hydrogen (secondary N) is 1. The van der Waals surface area contributed by atoms with Crippen LogP contribution in [0, 0.1) is 5.92 Å². The molecule has 2 aromatic carbocycles. The molecule has 33 heavy (non-hydrogen) atoms. The molecule has 7 heteroatoms. The molecular formula is C26H31N3O4. The fraction of sp³-hybridized carbons (Fsp3) is 0.423. The first-order valence-electron chi connectivity index (χ1n) is 11.6. The SMILES string of the molecule is CCC(C)c1ccccc1N1CC(C(=O)Nc2ccc(N3CCCC3=O)c(OC)c2)CC1=O. The number of para-hydroxylation sites is 1. The molecule has 7 nitrogen and oxygen atoms in total. The molecule has 0 bridgehead atoms. The first-order chi connectivity index (χ1) is 15.9. The van der Waals surface area contributed by atoms with E-state index in [1.807, 2.05) is 18.2 Å². The number of methoxy groups -OCH3 is 1. The van der Waals surface area contributed by atoms with Crippen LogP contribution in [-0.2, 0) is 14.4 Å². The van der Waals surface area contributed by atoms with Crippen LogP contribution >= 0.6 is 0 Å². The van der Waals surface area contributed by atoms with E-state index in [0.717, 1.165) is 24.1 Å². The molecule has 2 heterocycles. The summed E-state index contributed by atoms with van der Waals surface area (Å²) in [5.74, 6) is 0.274. The lowest BCUT2D eigenvalue weighted by molar-refractivity contribution is -0.122. The van der Waals surface area contributed by atoms with Gasteiger partial charge in [0, 0.05) is 43.4 Å². The van der Waals surface area contributed by atoms with Crippen LogP contribution in [-0.4, -0.2) is 37.9 Å². The number of hydrogen-bond acceptors (Lipinski definition) is 4. The van der Waals surface area contributed by atoms with Gasteiger partial charge in [0.25, 0.3) is 0 Å². The third-order valence-electron chi connectivity index (χ3n) is 6.68. The summed E-state index contributed by atoms with van der Waals surface area (Å²) in [6.45, 7) is 5.30. The molecule has 2 saturated heterocycles. The Hall–Kier alpha value is -3.35. The van der Waals surface area contributed by atoms with Gasteiger partial charge < -0.3 is 19.9 Å². The molecule has 3 amide bonds. The monoisotopic (exact) mass is 449 g/mol. The first kappa shape index (κ1) is 22.8. The van der Waals surface area contributed by atoms with Gasteiger partial charge in [0.05, 0.1) is 18.7 Å². The molecule has 2 aliphatic rings. The second-order valence-electron chi connectivity index (χ2n) is 8.80. The van der Waals surface area contributed by atoms with Crippen LogP contribution in [0.15, 0.2) is 42.5 Å². The van der Waals surface area contributed by atoms with Crippen LogP contribution in [0.1, 0.15) is 51.0 Å². The maximum Gasteiger partial charge on any atom is 0.229 e. The predicted molar refractivity (Wildman–Crippen MR) is 129 cm³/mol. The number of amides is 3. The number of hydrogen-bond donors (Lipinski definition) is 1. The first-order valence-corrected chi connectivity index (χ1v) is 11.6. The lowest BCUT2D eigenvalue weighted by Gasteiger charge is -2.23. The minimum Gasteiger partial charge on any atom is -0.494 e. The van der Waals surface area contributed by atoms with Crippen molar-refractivity contribution in [3.8, 4) is 5.75 Å². The van der Waals surface area contributed by atoms with Gasteiger partial charge in [0.1, 0.15) is 5.75 Å². The third-order valence-corrected chi connectivity index (χ3v) is 6.68. The molecule has 0 aromatic heterocycles. The summed E-state index contributed by atoms with van der Waals surface area (Å²) in [6.07, 6.45) is 2.52. The van der Waals surface area contributed by atoms with E-state index in [9.17, 15) is 14.4 Å². The van der Waals surface area contributed by atoms with Crippen molar-refractivity contribution in [2.24, 2.45) is 5.92 Å². The van der Waals surface area contributed by atoms with Crippen molar-refractivity contribution in [2.45, 2.75) is 45.4 Å². The molecule has 2 fully saturated rings. The van der Waals surface area contributed by atoms with E-state index >= 15 is 0 Å². The molecule has 2 unspecified atom stereocenters. The number of carbonyl (C=O) groups is 3. The topological polar surface area (TPSA) is 79.0 Å². The van der Waals surface area contributed by atoms with Crippen LogP contribution in [0.5, 0.6) is 5.75 Å². The molecule has 2 aliphatic heterocycles. The highest BCUT2D eigenvalue weighted by Gasteiger charge is 2.36. The highest BCUT2D eigenvalue weighted by atomic mass is 16.5. The van der Waals surface area contributed by atoms with Gasteiger partial charge in [-0.15, -0.1) is 0 Å². The van der Waals surface area contributed by atoms with E-state index in [2.05, 4.69) is 25.2 Å². The Balaban J connectivity index is 1.48.